The summed E-state index contributed by atoms with van der Waals surface area (Å²) in [5.41, 5.74) is 2.04. The van der Waals surface area contributed by atoms with Crippen LogP contribution < -0.4 is 9.46 Å². The maximum Gasteiger partial charge on any atom is 0.262 e. The van der Waals surface area contributed by atoms with Crippen molar-refractivity contribution in [3.63, 3.8) is 0 Å². The van der Waals surface area contributed by atoms with Crippen LogP contribution in [0.5, 0.6) is 5.75 Å². The van der Waals surface area contributed by atoms with Gasteiger partial charge in [0.2, 0.25) is 0 Å². The molecule has 0 amide bonds. The smallest absolute Gasteiger partial charge is 0.262 e. The van der Waals surface area contributed by atoms with E-state index in [0.717, 1.165) is 5.56 Å². The largest absolute Gasteiger partial charge is 0.497 e. The molecule has 21 heavy (non-hydrogen) atoms. The minimum atomic E-state index is -3.65. The molecule has 0 aliphatic carbocycles. The number of benzene rings is 2. The van der Waals surface area contributed by atoms with Crippen molar-refractivity contribution in [2.75, 3.05) is 11.8 Å². The van der Waals surface area contributed by atoms with E-state index in [1.165, 1.54) is 7.11 Å². The predicted octanol–water partition coefficient (Wildman–Crippen LogP) is 3.88. The normalized spacial score (nSPS) is 11.2. The first-order chi connectivity index (χ1) is 9.83. The molecule has 0 saturated carbocycles. The van der Waals surface area contributed by atoms with Crippen LogP contribution >= 0.6 is 15.9 Å². The van der Waals surface area contributed by atoms with E-state index in [4.69, 9.17) is 4.74 Å². The average Bonchev–Trinajstić information content (AvgIpc) is 2.43. The topological polar surface area (TPSA) is 55.4 Å². The molecule has 2 aromatic carbocycles. The Morgan fingerprint density at radius 2 is 1.81 bits per heavy atom. The summed E-state index contributed by atoms with van der Waals surface area (Å²) in [5.74, 6) is 0.580. The molecule has 0 atom stereocenters. The van der Waals surface area contributed by atoms with E-state index in [-0.39, 0.29) is 4.90 Å². The third-order valence-electron chi connectivity index (χ3n) is 3.05. The second kappa shape index (κ2) is 6.07. The Morgan fingerprint density at radius 1 is 1.10 bits per heavy atom. The molecule has 0 unspecified atom stereocenters. The number of hydrogen-bond acceptors (Lipinski definition) is 3. The monoisotopic (exact) mass is 369 g/mol. The average molecular weight is 370 g/mol. The highest BCUT2D eigenvalue weighted by Gasteiger charge is 2.18. The number of sulfonamides is 1. The maximum atomic E-state index is 12.6. The Morgan fingerprint density at radius 3 is 2.48 bits per heavy atom. The van der Waals surface area contributed by atoms with E-state index in [1.54, 1.807) is 37.3 Å². The van der Waals surface area contributed by atoms with E-state index >= 15 is 0 Å². The fourth-order valence-corrected chi connectivity index (χ4v) is 3.78. The number of rotatable bonds is 4. The summed E-state index contributed by atoms with van der Waals surface area (Å²) in [6, 6.07) is 10.5. The molecule has 4 nitrogen and oxygen atoms in total. The lowest BCUT2D eigenvalue weighted by Gasteiger charge is -2.13. The zero-order valence-electron chi connectivity index (χ0n) is 12.0. The number of nitrogens with one attached hydrogen (secondary N) is 1. The Balaban J connectivity index is 2.44. The fourth-order valence-electron chi connectivity index (χ4n) is 1.91. The van der Waals surface area contributed by atoms with Gasteiger partial charge in [-0.2, -0.15) is 0 Å². The number of aryl methyl sites for hydroxylation is 2. The Hall–Kier alpha value is -1.53. The van der Waals surface area contributed by atoms with Crippen molar-refractivity contribution in [1.29, 1.82) is 0 Å². The Labute approximate surface area is 133 Å². The van der Waals surface area contributed by atoms with Crippen LogP contribution in [0.3, 0.4) is 0 Å². The molecule has 0 fully saturated rings. The molecule has 0 heterocycles. The van der Waals surface area contributed by atoms with Gasteiger partial charge in [-0.15, -0.1) is 0 Å². The maximum absolute atomic E-state index is 12.6. The number of halogens is 1. The molecule has 2 aromatic rings. The van der Waals surface area contributed by atoms with Gasteiger partial charge in [0.05, 0.1) is 17.7 Å². The molecule has 0 radical (unpaired) electrons. The molecule has 0 spiro atoms. The summed E-state index contributed by atoms with van der Waals surface area (Å²) in [5, 5.41) is 0. The van der Waals surface area contributed by atoms with Crippen LogP contribution in [0.1, 0.15) is 11.1 Å². The first-order valence-corrected chi connectivity index (χ1v) is 8.55. The minimum absolute atomic E-state index is 0.275. The molecule has 6 heteroatoms. The molecule has 0 aliphatic rings. The van der Waals surface area contributed by atoms with Crippen molar-refractivity contribution in [1.82, 2.24) is 0 Å². The van der Waals surface area contributed by atoms with Gasteiger partial charge in [0.15, 0.2) is 0 Å². The third kappa shape index (κ3) is 3.57. The van der Waals surface area contributed by atoms with Crippen molar-refractivity contribution < 1.29 is 13.2 Å². The van der Waals surface area contributed by atoms with Crippen molar-refractivity contribution in [2.45, 2.75) is 18.7 Å². The molecule has 0 bridgehead atoms. The van der Waals surface area contributed by atoms with E-state index in [2.05, 4.69) is 20.7 Å². The molecule has 1 N–H and O–H groups in total. The first kappa shape index (κ1) is 15.9. The van der Waals surface area contributed by atoms with E-state index in [9.17, 15) is 8.42 Å². The summed E-state index contributed by atoms with van der Waals surface area (Å²) in [7, 11) is -2.12. The molecule has 2 rings (SSSR count). The van der Waals surface area contributed by atoms with Gasteiger partial charge in [0.1, 0.15) is 5.75 Å². The fraction of sp³-hybridized carbons (Fsp3) is 0.200. The molecule has 0 saturated heterocycles. The standard InChI is InChI=1S/C15H16BrNO3S/c1-10-4-5-11(2)15(8-10)21(18,19)17-14-9-12(20-3)6-7-13(14)16/h4-9,17H,1-3H3. The van der Waals surface area contributed by atoms with E-state index in [1.807, 2.05) is 13.0 Å². The number of anilines is 1. The summed E-state index contributed by atoms with van der Waals surface area (Å²) >= 11 is 3.34. The zero-order chi connectivity index (χ0) is 15.6. The van der Waals surface area contributed by atoms with Crippen LogP contribution in [0.2, 0.25) is 0 Å². The van der Waals surface area contributed by atoms with Crippen LogP contribution in [0.25, 0.3) is 0 Å². The second-order valence-electron chi connectivity index (χ2n) is 4.72. The SMILES string of the molecule is COc1ccc(Br)c(NS(=O)(=O)c2cc(C)ccc2C)c1. The van der Waals surface area contributed by atoms with Gasteiger partial charge in [0.25, 0.3) is 10.0 Å². The molecular weight excluding hydrogens is 354 g/mol. The van der Waals surface area contributed by atoms with Crippen LogP contribution in [-0.4, -0.2) is 15.5 Å². The Bertz CT molecular complexity index is 772. The van der Waals surface area contributed by atoms with Crippen LogP contribution in [0.4, 0.5) is 5.69 Å². The Kier molecular flexibility index (Phi) is 4.58. The molecular formula is C15H16BrNO3S. The van der Waals surface area contributed by atoms with Gasteiger partial charge in [-0.3, -0.25) is 4.72 Å². The quantitative estimate of drug-likeness (QED) is 0.889. The summed E-state index contributed by atoms with van der Waals surface area (Å²) in [6.45, 7) is 3.63. The van der Waals surface area contributed by atoms with Gasteiger partial charge < -0.3 is 4.74 Å². The lowest BCUT2D eigenvalue weighted by atomic mass is 10.2. The summed E-state index contributed by atoms with van der Waals surface area (Å²) in [4.78, 5) is 0.275. The lowest BCUT2D eigenvalue weighted by Crippen LogP contribution is -2.15. The summed E-state index contributed by atoms with van der Waals surface area (Å²) in [6.07, 6.45) is 0. The highest BCUT2D eigenvalue weighted by atomic mass is 79.9. The second-order valence-corrected chi connectivity index (χ2v) is 7.23. The number of hydrogen-bond donors (Lipinski definition) is 1. The van der Waals surface area contributed by atoms with Crippen molar-refractivity contribution >= 4 is 31.6 Å². The highest BCUT2D eigenvalue weighted by Crippen LogP contribution is 2.29. The van der Waals surface area contributed by atoms with E-state index in [0.29, 0.717) is 21.5 Å². The van der Waals surface area contributed by atoms with E-state index < -0.39 is 10.0 Å². The number of ether oxygens (including phenoxy) is 1. The minimum Gasteiger partial charge on any atom is -0.497 e. The predicted molar refractivity (Wildman–Crippen MR) is 87.4 cm³/mol. The van der Waals surface area contributed by atoms with Gasteiger partial charge in [-0.05, 0) is 59.1 Å². The molecule has 0 aromatic heterocycles. The molecule has 112 valence electrons. The van der Waals surface area contributed by atoms with Crippen molar-refractivity contribution in [2.24, 2.45) is 0 Å². The zero-order valence-corrected chi connectivity index (χ0v) is 14.4. The molecule has 0 aliphatic heterocycles. The van der Waals surface area contributed by atoms with Gasteiger partial charge in [-0.25, -0.2) is 8.42 Å². The van der Waals surface area contributed by atoms with Crippen LogP contribution in [-0.2, 0) is 10.0 Å². The van der Waals surface area contributed by atoms with Crippen LogP contribution in [0, 0.1) is 13.8 Å². The lowest BCUT2D eigenvalue weighted by molar-refractivity contribution is 0.415. The van der Waals surface area contributed by atoms with Gasteiger partial charge in [0, 0.05) is 10.5 Å². The summed E-state index contributed by atoms with van der Waals surface area (Å²) < 4.78 is 33.5. The van der Waals surface area contributed by atoms with Gasteiger partial charge in [-0.1, -0.05) is 12.1 Å². The van der Waals surface area contributed by atoms with Crippen LogP contribution in [0.15, 0.2) is 45.8 Å². The third-order valence-corrected chi connectivity index (χ3v) is 5.25. The van der Waals surface area contributed by atoms with Crippen molar-refractivity contribution in [3.8, 4) is 5.75 Å². The van der Waals surface area contributed by atoms with Crippen molar-refractivity contribution in [3.05, 3.63) is 52.0 Å². The number of methoxy groups -OCH3 is 1. The first-order valence-electron chi connectivity index (χ1n) is 6.27. The van der Waals surface area contributed by atoms with Gasteiger partial charge >= 0.3 is 0 Å². The highest BCUT2D eigenvalue weighted by molar-refractivity contribution is 9.10.